The Hall–Kier alpha value is -2.12. The van der Waals surface area contributed by atoms with E-state index in [9.17, 15) is 9.59 Å². The van der Waals surface area contributed by atoms with Gasteiger partial charge in [0.1, 0.15) is 6.61 Å². The summed E-state index contributed by atoms with van der Waals surface area (Å²) in [7, 11) is 0. The molecule has 0 saturated carbocycles. The molecule has 0 unspecified atom stereocenters. The van der Waals surface area contributed by atoms with E-state index >= 15 is 0 Å². The third-order valence-corrected chi connectivity index (χ3v) is 4.14. The molecule has 0 atom stereocenters. The number of ether oxygens (including phenoxy) is 1. The number of nitrogens with zero attached hydrogens (tertiary/aromatic N) is 2. The molecule has 0 bridgehead atoms. The summed E-state index contributed by atoms with van der Waals surface area (Å²) in [6.07, 6.45) is -0.296. The van der Waals surface area contributed by atoms with Gasteiger partial charge in [0.25, 0.3) is 0 Å². The van der Waals surface area contributed by atoms with Crippen molar-refractivity contribution in [3.8, 4) is 0 Å². The van der Waals surface area contributed by atoms with Crippen molar-refractivity contribution < 1.29 is 14.3 Å². The highest BCUT2D eigenvalue weighted by Crippen LogP contribution is 2.03. The molecular formula is C18H28N4O3. The second kappa shape index (κ2) is 10.7. The summed E-state index contributed by atoms with van der Waals surface area (Å²) in [6.45, 7) is 7.16. The Morgan fingerprint density at radius 2 is 1.44 bits per heavy atom. The fraction of sp³-hybridized carbons (Fsp3) is 0.556. The highest BCUT2D eigenvalue weighted by atomic mass is 16.6. The molecule has 1 heterocycles. The van der Waals surface area contributed by atoms with E-state index in [-0.39, 0.29) is 18.6 Å². The van der Waals surface area contributed by atoms with Gasteiger partial charge < -0.3 is 25.2 Å². The number of hydrogen-bond donors (Lipinski definition) is 2. The lowest BCUT2D eigenvalue weighted by Crippen LogP contribution is -2.46. The standard InChI is InChI=1S/C18H28N4O3/c1-16(23)21-11-7-19-9-13-22(14-10-20-8-12-21)18(24)25-15-17-5-3-2-4-6-17/h2-6,19-20H,7-15H2,1H3. The highest BCUT2D eigenvalue weighted by Gasteiger charge is 2.15. The smallest absolute Gasteiger partial charge is 0.410 e. The van der Waals surface area contributed by atoms with Crippen LogP contribution < -0.4 is 10.6 Å². The van der Waals surface area contributed by atoms with Crippen molar-refractivity contribution in [3.05, 3.63) is 35.9 Å². The summed E-state index contributed by atoms with van der Waals surface area (Å²) in [5.74, 6) is 0.0896. The maximum Gasteiger partial charge on any atom is 0.410 e. The predicted octanol–water partition coefficient (Wildman–Crippen LogP) is 0.667. The maximum atomic E-state index is 12.3. The van der Waals surface area contributed by atoms with E-state index in [1.807, 2.05) is 35.2 Å². The molecule has 25 heavy (non-hydrogen) atoms. The zero-order valence-corrected chi connectivity index (χ0v) is 14.9. The Labute approximate surface area is 149 Å². The van der Waals surface area contributed by atoms with Crippen LogP contribution in [0, 0.1) is 0 Å². The maximum absolute atomic E-state index is 12.3. The minimum Gasteiger partial charge on any atom is -0.445 e. The van der Waals surface area contributed by atoms with Crippen molar-refractivity contribution in [2.75, 3.05) is 52.4 Å². The molecule has 0 aromatic heterocycles. The van der Waals surface area contributed by atoms with Crippen LogP contribution in [0.3, 0.4) is 0 Å². The Kier molecular flexibility index (Phi) is 8.21. The third-order valence-electron chi connectivity index (χ3n) is 4.14. The number of rotatable bonds is 2. The molecule has 7 nitrogen and oxygen atoms in total. The summed E-state index contributed by atoms with van der Waals surface area (Å²) >= 11 is 0. The molecule has 1 aliphatic heterocycles. The molecule has 2 amide bonds. The molecular weight excluding hydrogens is 320 g/mol. The van der Waals surface area contributed by atoms with Crippen LogP contribution >= 0.6 is 0 Å². The number of benzene rings is 1. The van der Waals surface area contributed by atoms with Crippen molar-refractivity contribution in [3.63, 3.8) is 0 Å². The lowest BCUT2D eigenvalue weighted by atomic mass is 10.2. The summed E-state index contributed by atoms with van der Waals surface area (Å²) < 4.78 is 5.42. The second-order valence-corrected chi connectivity index (χ2v) is 6.03. The van der Waals surface area contributed by atoms with E-state index in [0.29, 0.717) is 52.4 Å². The van der Waals surface area contributed by atoms with Gasteiger partial charge in [-0.2, -0.15) is 0 Å². The van der Waals surface area contributed by atoms with Crippen LogP contribution in [-0.2, 0) is 16.1 Å². The number of carbonyl (C=O) groups excluding carboxylic acids is 2. The molecule has 138 valence electrons. The highest BCUT2D eigenvalue weighted by molar-refractivity contribution is 5.73. The summed E-state index contributed by atoms with van der Waals surface area (Å²) in [6, 6.07) is 9.67. The van der Waals surface area contributed by atoms with Crippen LogP contribution in [0.4, 0.5) is 4.79 Å². The van der Waals surface area contributed by atoms with Gasteiger partial charge in [-0.05, 0) is 5.56 Å². The van der Waals surface area contributed by atoms with Gasteiger partial charge in [-0.3, -0.25) is 4.79 Å². The molecule has 7 heteroatoms. The van der Waals surface area contributed by atoms with Gasteiger partial charge in [0, 0.05) is 59.3 Å². The van der Waals surface area contributed by atoms with Gasteiger partial charge in [0.05, 0.1) is 0 Å². The molecule has 0 radical (unpaired) electrons. The average molecular weight is 348 g/mol. The predicted molar refractivity (Wildman–Crippen MR) is 96.2 cm³/mol. The first-order chi connectivity index (χ1) is 12.2. The zero-order valence-electron chi connectivity index (χ0n) is 14.9. The first kappa shape index (κ1) is 19.2. The molecule has 1 aromatic rings. The van der Waals surface area contributed by atoms with Crippen LogP contribution in [-0.4, -0.2) is 74.2 Å². The lowest BCUT2D eigenvalue weighted by molar-refractivity contribution is -0.128. The first-order valence-electron chi connectivity index (χ1n) is 8.79. The van der Waals surface area contributed by atoms with Gasteiger partial charge in [-0.25, -0.2) is 4.79 Å². The van der Waals surface area contributed by atoms with Crippen molar-refractivity contribution in [1.82, 2.24) is 20.4 Å². The second-order valence-electron chi connectivity index (χ2n) is 6.03. The summed E-state index contributed by atoms with van der Waals surface area (Å²) in [5, 5.41) is 6.57. The molecule has 2 N–H and O–H groups in total. The quantitative estimate of drug-likeness (QED) is 0.822. The topological polar surface area (TPSA) is 73.9 Å². The largest absolute Gasteiger partial charge is 0.445 e. The van der Waals surface area contributed by atoms with Crippen LogP contribution in [0.15, 0.2) is 30.3 Å². The van der Waals surface area contributed by atoms with Gasteiger partial charge >= 0.3 is 6.09 Å². The zero-order chi connectivity index (χ0) is 17.9. The Morgan fingerprint density at radius 1 is 0.920 bits per heavy atom. The molecule has 2 rings (SSSR count). The van der Waals surface area contributed by atoms with E-state index in [4.69, 9.17) is 4.74 Å². The van der Waals surface area contributed by atoms with E-state index < -0.39 is 0 Å². The number of carbonyl (C=O) groups is 2. The Balaban J connectivity index is 1.80. The van der Waals surface area contributed by atoms with Crippen molar-refractivity contribution in [2.45, 2.75) is 13.5 Å². The molecule has 1 aromatic carbocycles. The van der Waals surface area contributed by atoms with Gasteiger partial charge in [0.2, 0.25) is 5.91 Å². The SMILES string of the molecule is CC(=O)N1CCNCCN(C(=O)OCc2ccccc2)CCNCC1. The van der Waals surface area contributed by atoms with E-state index in [2.05, 4.69) is 10.6 Å². The molecule has 1 aliphatic rings. The molecule has 1 fully saturated rings. The summed E-state index contributed by atoms with van der Waals surface area (Å²) in [5.41, 5.74) is 0.978. The van der Waals surface area contributed by atoms with Crippen LogP contribution in [0.25, 0.3) is 0 Å². The fourth-order valence-corrected chi connectivity index (χ4v) is 2.64. The van der Waals surface area contributed by atoms with Crippen molar-refractivity contribution in [1.29, 1.82) is 0 Å². The van der Waals surface area contributed by atoms with E-state index in [1.54, 1.807) is 11.8 Å². The van der Waals surface area contributed by atoms with Crippen LogP contribution in [0.2, 0.25) is 0 Å². The van der Waals surface area contributed by atoms with Gasteiger partial charge in [-0.15, -0.1) is 0 Å². The van der Waals surface area contributed by atoms with E-state index in [1.165, 1.54) is 0 Å². The van der Waals surface area contributed by atoms with Gasteiger partial charge in [0.15, 0.2) is 0 Å². The monoisotopic (exact) mass is 348 g/mol. The van der Waals surface area contributed by atoms with Crippen molar-refractivity contribution >= 4 is 12.0 Å². The van der Waals surface area contributed by atoms with Crippen molar-refractivity contribution in [2.24, 2.45) is 0 Å². The van der Waals surface area contributed by atoms with Gasteiger partial charge in [-0.1, -0.05) is 30.3 Å². The molecule has 0 spiro atoms. The van der Waals surface area contributed by atoms with Crippen LogP contribution in [0.1, 0.15) is 12.5 Å². The number of nitrogens with one attached hydrogen (secondary N) is 2. The minimum absolute atomic E-state index is 0.0896. The van der Waals surface area contributed by atoms with E-state index in [0.717, 1.165) is 5.56 Å². The Morgan fingerprint density at radius 3 is 1.96 bits per heavy atom. The Bertz CT molecular complexity index is 524. The minimum atomic E-state index is -0.296. The first-order valence-corrected chi connectivity index (χ1v) is 8.79. The third kappa shape index (κ3) is 7.11. The average Bonchev–Trinajstić information content (AvgIpc) is 2.61. The summed E-state index contributed by atoms with van der Waals surface area (Å²) in [4.78, 5) is 27.4. The normalized spacial score (nSPS) is 17.3. The number of amides is 2. The lowest BCUT2D eigenvalue weighted by Gasteiger charge is -2.26. The fourth-order valence-electron chi connectivity index (χ4n) is 2.64. The molecule has 0 aliphatic carbocycles. The van der Waals surface area contributed by atoms with Crippen LogP contribution in [0.5, 0.6) is 0 Å². The molecule has 1 saturated heterocycles. The number of hydrogen-bond acceptors (Lipinski definition) is 5.